The van der Waals surface area contributed by atoms with Gasteiger partial charge in [-0.15, -0.1) is 0 Å². The molecule has 5 heteroatoms. The summed E-state index contributed by atoms with van der Waals surface area (Å²) in [7, 11) is 4.14. The molecule has 0 aliphatic rings. The molecule has 1 N–H and O–H groups in total. The molecule has 18 heavy (non-hydrogen) atoms. The van der Waals surface area contributed by atoms with Crippen molar-refractivity contribution in [2.45, 2.75) is 6.42 Å². The fraction of sp³-hybridized carbons (Fsp3) is 0.538. The highest BCUT2D eigenvalue weighted by Crippen LogP contribution is 2.32. The lowest BCUT2D eigenvalue weighted by Crippen LogP contribution is -2.25. The van der Waals surface area contributed by atoms with E-state index in [0.29, 0.717) is 22.4 Å². The van der Waals surface area contributed by atoms with Crippen LogP contribution in [-0.2, 0) is 0 Å². The predicted molar refractivity (Wildman–Crippen MR) is 78.0 cm³/mol. The molecule has 0 heterocycles. The molecular weight excluding hydrogens is 271 g/mol. The summed E-state index contributed by atoms with van der Waals surface area (Å²) >= 11 is 12.0. The van der Waals surface area contributed by atoms with Crippen LogP contribution in [0.1, 0.15) is 6.42 Å². The quantitative estimate of drug-likeness (QED) is 0.745. The van der Waals surface area contributed by atoms with Crippen LogP contribution in [0.25, 0.3) is 0 Å². The molecule has 0 saturated heterocycles. The van der Waals surface area contributed by atoms with Crippen molar-refractivity contribution in [3.63, 3.8) is 0 Å². The van der Waals surface area contributed by atoms with Gasteiger partial charge in [-0.25, -0.2) is 0 Å². The summed E-state index contributed by atoms with van der Waals surface area (Å²) < 4.78 is 5.56. The Labute approximate surface area is 119 Å². The molecule has 1 rings (SSSR count). The normalized spacial score (nSPS) is 10.9. The topological polar surface area (TPSA) is 24.5 Å². The number of rotatable bonds is 8. The number of benzene rings is 1. The van der Waals surface area contributed by atoms with Crippen molar-refractivity contribution in [1.82, 2.24) is 10.2 Å². The molecule has 0 fully saturated rings. The van der Waals surface area contributed by atoms with Gasteiger partial charge < -0.3 is 15.0 Å². The Morgan fingerprint density at radius 3 is 2.44 bits per heavy atom. The molecule has 0 aliphatic heterocycles. The number of hydrogen-bond acceptors (Lipinski definition) is 3. The second-order valence-electron chi connectivity index (χ2n) is 4.31. The van der Waals surface area contributed by atoms with Crippen molar-refractivity contribution >= 4 is 23.2 Å². The maximum Gasteiger partial charge on any atom is 0.156 e. The average Bonchev–Trinajstić information content (AvgIpc) is 2.30. The summed E-state index contributed by atoms with van der Waals surface area (Å²) in [6.07, 6.45) is 1.12. The van der Waals surface area contributed by atoms with Crippen molar-refractivity contribution in [1.29, 1.82) is 0 Å². The lowest BCUT2D eigenvalue weighted by molar-refractivity contribution is 0.311. The Kier molecular flexibility index (Phi) is 7.44. The van der Waals surface area contributed by atoms with E-state index in [4.69, 9.17) is 27.9 Å². The zero-order valence-corrected chi connectivity index (χ0v) is 12.4. The number of para-hydroxylation sites is 1. The van der Waals surface area contributed by atoms with Gasteiger partial charge in [0.05, 0.1) is 10.0 Å². The summed E-state index contributed by atoms with van der Waals surface area (Å²) in [5, 5.41) is 4.41. The van der Waals surface area contributed by atoms with Gasteiger partial charge in [0.2, 0.25) is 0 Å². The zero-order chi connectivity index (χ0) is 13.4. The minimum Gasteiger partial charge on any atom is -0.489 e. The van der Waals surface area contributed by atoms with E-state index in [0.717, 1.165) is 26.1 Å². The minimum atomic E-state index is 0.551. The van der Waals surface area contributed by atoms with Gasteiger partial charge in [0.25, 0.3) is 0 Å². The first kappa shape index (κ1) is 15.6. The van der Waals surface area contributed by atoms with Crippen molar-refractivity contribution in [3.8, 4) is 5.75 Å². The van der Waals surface area contributed by atoms with Crippen LogP contribution in [0.4, 0.5) is 0 Å². The SMILES string of the molecule is CN(C)CCCNCCOc1c(Cl)cccc1Cl. The van der Waals surface area contributed by atoms with Crippen molar-refractivity contribution in [2.75, 3.05) is 40.3 Å². The third kappa shape index (κ3) is 5.91. The Hall–Kier alpha value is -0.480. The molecule has 0 bridgehead atoms. The summed E-state index contributed by atoms with van der Waals surface area (Å²) in [6.45, 7) is 3.42. The highest BCUT2D eigenvalue weighted by Gasteiger charge is 2.05. The second-order valence-corrected chi connectivity index (χ2v) is 5.12. The molecule has 0 aliphatic carbocycles. The van der Waals surface area contributed by atoms with E-state index in [1.54, 1.807) is 18.2 Å². The molecule has 3 nitrogen and oxygen atoms in total. The lowest BCUT2D eigenvalue weighted by atomic mass is 10.3. The Morgan fingerprint density at radius 1 is 1.17 bits per heavy atom. The maximum absolute atomic E-state index is 5.99. The van der Waals surface area contributed by atoms with Crippen LogP contribution in [-0.4, -0.2) is 45.2 Å². The lowest BCUT2D eigenvalue weighted by Gasteiger charge is -2.11. The van der Waals surface area contributed by atoms with Crippen LogP contribution in [0.5, 0.6) is 5.75 Å². The molecule has 102 valence electrons. The number of nitrogens with zero attached hydrogens (tertiary/aromatic N) is 1. The first-order valence-corrected chi connectivity index (χ1v) is 6.79. The fourth-order valence-electron chi connectivity index (χ4n) is 1.49. The summed E-state index contributed by atoms with van der Waals surface area (Å²) in [4.78, 5) is 2.17. The van der Waals surface area contributed by atoms with Crippen molar-refractivity contribution < 1.29 is 4.74 Å². The second kappa shape index (κ2) is 8.59. The zero-order valence-electron chi connectivity index (χ0n) is 10.9. The van der Waals surface area contributed by atoms with Gasteiger partial charge in [-0.1, -0.05) is 29.3 Å². The molecular formula is C13H20Cl2N2O. The highest BCUT2D eigenvalue weighted by atomic mass is 35.5. The van der Waals surface area contributed by atoms with Gasteiger partial charge in [0.15, 0.2) is 5.75 Å². The minimum absolute atomic E-state index is 0.551. The van der Waals surface area contributed by atoms with Crippen molar-refractivity contribution in [2.24, 2.45) is 0 Å². The van der Waals surface area contributed by atoms with E-state index in [-0.39, 0.29) is 0 Å². The van der Waals surface area contributed by atoms with E-state index in [2.05, 4.69) is 24.3 Å². The highest BCUT2D eigenvalue weighted by molar-refractivity contribution is 6.37. The summed E-state index contributed by atoms with van der Waals surface area (Å²) in [6, 6.07) is 5.34. The Balaban J connectivity index is 2.14. The van der Waals surface area contributed by atoms with E-state index < -0.39 is 0 Å². The van der Waals surface area contributed by atoms with Gasteiger partial charge >= 0.3 is 0 Å². The van der Waals surface area contributed by atoms with Gasteiger partial charge in [0, 0.05) is 6.54 Å². The first-order valence-electron chi connectivity index (χ1n) is 6.03. The molecule has 0 radical (unpaired) electrons. The molecule has 0 aromatic heterocycles. The molecule has 1 aromatic rings. The van der Waals surface area contributed by atoms with E-state index in [9.17, 15) is 0 Å². The van der Waals surface area contributed by atoms with Gasteiger partial charge in [-0.3, -0.25) is 0 Å². The van der Waals surface area contributed by atoms with Crippen LogP contribution in [0.2, 0.25) is 10.0 Å². The third-order valence-electron chi connectivity index (χ3n) is 2.40. The van der Waals surface area contributed by atoms with Crippen molar-refractivity contribution in [3.05, 3.63) is 28.2 Å². The maximum atomic E-state index is 5.99. The number of hydrogen-bond donors (Lipinski definition) is 1. The smallest absolute Gasteiger partial charge is 0.156 e. The largest absolute Gasteiger partial charge is 0.489 e. The van der Waals surface area contributed by atoms with Gasteiger partial charge in [-0.05, 0) is 45.7 Å². The van der Waals surface area contributed by atoms with Gasteiger partial charge in [-0.2, -0.15) is 0 Å². The van der Waals surface area contributed by atoms with Crippen LogP contribution < -0.4 is 10.1 Å². The molecule has 0 unspecified atom stereocenters. The third-order valence-corrected chi connectivity index (χ3v) is 3.00. The average molecular weight is 291 g/mol. The van der Waals surface area contributed by atoms with E-state index in [1.165, 1.54) is 0 Å². The standard InChI is InChI=1S/C13H20Cl2N2O/c1-17(2)9-4-7-16-8-10-18-13-11(14)5-3-6-12(13)15/h3,5-6,16H,4,7-10H2,1-2H3. The predicted octanol–water partition coefficient (Wildman–Crippen LogP) is 2.91. The van der Waals surface area contributed by atoms with Crippen LogP contribution in [0.15, 0.2) is 18.2 Å². The summed E-state index contributed by atoms with van der Waals surface area (Å²) in [5.74, 6) is 0.566. The molecule has 1 aromatic carbocycles. The molecule has 0 saturated carbocycles. The van der Waals surface area contributed by atoms with Crippen LogP contribution >= 0.6 is 23.2 Å². The Bertz CT molecular complexity index is 339. The number of halogens is 2. The monoisotopic (exact) mass is 290 g/mol. The van der Waals surface area contributed by atoms with Gasteiger partial charge in [0.1, 0.15) is 6.61 Å². The van der Waals surface area contributed by atoms with Crippen LogP contribution in [0, 0.1) is 0 Å². The molecule has 0 spiro atoms. The van der Waals surface area contributed by atoms with E-state index in [1.807, 2.05) is 0 Å². The Morgan fingerprint density at radius 2 is 1.83 bits per heavy atom. The first-order chi connectivity index (χ1) is 8.61. The molecule has 0 amide bonds. The fourth-order valence-corrected chi connectivity index (χ4v) is 2.00. The van der Waals surface area contributed by atoms with E-state index >= 15 is 0 Å². The summed E-state index contributed by atoms with van der Waals surface area (Å²) in [5.41, 5.74) is 0. The number of ether oxygens (including phenoxy) is 1. The molecule has 0 atom stereocenters. The number of nitrogens with one attached hydrogen (secondary N) is 1. The van der Waals surface area contributed by atoms with Crippen LogP contribution in [0.3, 0.4) is 0 Å².